The van der Waals surface area contributed by atoms with Crippen molar-refractivity contribution in [3.05, 3.63) is 23.2 Å². The van der Waals surface area contributed by atoms with Gasteiger partial charge in [0.1, 0.15) is 0 Å². The number of aromatic nitrogens is 2. The molecule has 2 N–H and O–H groups in total. The third-order valence-electron chi connectivity index (χ3n) is 1.57. The molecule has 0 saturated heterocycles. The second-order valence-corrected chi connectivity index (χ2v) is 2.62. The molecule has 2 aromatic rings. The van der Waals surface area contributed by atoms with Crippen molar-refractivity contribution in [1.82, 2.24) is 9.97 Å². The van der Waals surface area contributed by atoms with Gasteiger partial charge in [-0.25, -0.2) is 4.98 Å². The molecular weight excluding hydrogens is 178 g/mol. The van der Waals surface area contributed by atoms with Gasteiger partial charge in [0.2, 0.25) is 0 Å². The molecule has 0 unspecified atom stereocenters. The van der Waals surface area contributed by atoms with Gasteiger partial charge in [0.25, 0.3) is 5.35 Å². The molecule has 0 aromatic carbocycles. The van der Waals surface area contributed by atoms with Gasteiger partial charge in [-0.05, 0) is 17.7 Å². The lowest BCUT2D eigenvalue weighted by Crippen LogP contribution is -1.96. The fraction of sp³-hybridized carbons (Fsp3) is 0.143. The van der Waals surface area contributed by atoms with Crippen LogP contribution in [-0.4, -0.2) is 9.97 Å². The van der Waals surface area contributed by atoms with Crippen molar-refractivity contribution in [1.29, 1.82) is 0 Å². The van der Waals surface area contributed by atoms with Crippen molar-refractivity contribution in [2.24, 2.45) is 5.73 Å². The summed E-state index contributed by atoms with van der Waals surface area (Å²) < 4.78 is 5.10. The van der Waals surface area contributed by atoms with Gasteiger partial charge < -0.3 is 10.2 Å². The zero-order valence-corrected chi connectivity index (χ0v) is 6.88. The second kappa shape index (κ2) is 2.73. The molecule has 12 heavy (non-hydrogen) atoms. The molecule has 0 aliphatic rings. The van der Waals surface area contributed by atoms with Crippen molar-refractivity contribution in [2.75, 3.05) is 0 Å². The Labute approximate surface area is 73.4 Å². The average Bonchev–Trinajstić information content (AvgIpc) is 2.44. The molecule has 0 radical (unpaired) electrons. The zero-order valence-electron chi connectivity index (χ0n) is 6.12. The van der Waals surface area contributed by atoms with Crippen LogP contribution in [0.4, 0.5) is 0 Å². The molecule has 0 spiro atoms. The van der Waals surface area contributed by atoms with Crippen LogP contribution in [0.3, 0.4) is 0 Å². The molecule has 0 aliphatic carbocycles. The summed E-state index contributed by atoms with van der Waals surface area (Å²) in [5.74, 6) is 0. The zero-order chi connectivity index (χ0) is 8.55. The van der Waals surface area contributed by atoms with Crippen molar-refractivity contribution in [3.63, 3.8) is 0 Å². The van der Waals surface area contributed by atoms with Crippen LogP contribution in [0.15, 0.2) is 16.7 Å². The molecule has 4 nitrogen and oxygen atoms in total. The Kier molecular flexibility index (Phi) is 1.71. The quantitative estimate of drug-likeness (QED) is 0.725. The van der Waals surface area contributed by atoms with E-state index in [1.54, 1.807) is 12.3 Å². The molecule has 0 atom stereocenters. The van der Waals surface area contributed by atoms with Crippen LogP contribution in [0.1, 0.15) is 5.56 Å². The maximum absolute atomic E-state index is 5.55. The average molecular weight is 184 g/mol. The minimum absolute atomic E-state index is 0.0957. The van der Waals surface area contributed by atoms with Gasteiger partial charge >= 0.3 is 0 Å². The highest BCUT2D eigenvalue weighted by Gasteiger charge is 2.07. The molecule has 2 rings (SSSR count). The number of rotatable bonds is 1. The number of nitrogens with two attached hydrogens (primary N) is 1. The number of fused-ring (bicyclic) bond motifs is 1. The number of halogens is 1. The molecule has 0 saturated carbocycles. The van der Waals surface area contributed by atoms with Crippen LogP contribution >= 0.6 is 11.6 Å². The molecule has 0 amide bonds. The minimum Gasteiger partial charge on any atom is -0.425 e. The number of hydrogen-bond acceptors (Lipinski definition) is 4. The Morgan fingerprint density at radius 3 is 3.17 bits per heavy atom. The Morgan fingerprint density at radius 1 is 1.58 bits per heavy atom. The normalized spacial score (nSPS) is 10.8. The SMILES string of the molecule is NCc1ccnc2nc(Cl)oc12. The van der Waals surface area contributed by atoms with E-state index in [2.05, 4.69) is 9.97 Å². The Hall–Kier alpha value is -1.13. The van der Waals surface area contributed by atoms with E-state index in [4.69, 9.17) is 21.8 Å². The molecular formula is C7H6ClN3O. The predicted molar refractivity (Wildman–Crippen MR) is 44.7 cm³/mol. The van der Waals surface area contributed by atoms with E-state index in [1.165, 1.54) is 0 Å². The minimum atomic E-state index is 0.0957. The number of hydrogen-bond donors (Lipinski definition) is 1. The second-order valence-electron chi connectivity index (χ2n) is 2.29. The van der Waals surface area contributed by atoms with E-state index < -0.39 is 0 Å². The first-order chi connectivity index (χ1) is 5.81. The largest absolute Gasteiger partial charge is 0.425 e. The van der Waals surface area contributed by atoms with Crippen LogP contribution in [0, 0.1) is 0 Å². The summed E-state index contributed by atoms with van der Waals surface area (Å²) in [6, 6.07) is 1.78. The smallest absolute Gasteiger partial charge is 0.294 e. The third-order valence-corrected chi connectivity index (χ3v) is 1.73. The molecule has 5 heteroatoms. The first-order valence-electron chi connectivity index (χ1n) is 3.41. The van der Waals surface area contributed by atoms with E-state index in [0.717, 1.165) is 5.56 Å². The van der Waals surface area contributed by atoms with E-state index >= 15 is 0 Å². The van der Waals surface area contributed by atoms with E-state index in [0.29, 0.717) is 17.8 Å². The highest BCUT2D eigenvalue weighted by atomic mass is 35.5. The van der Waals surface area contributed by atoms with Crippen LogP contribution in [0.5, 0.6) is 0 Å². The van der Waals surface area contributed by atoms with Crippen molar-refractivity contribution >= 4 is 22.8 Å². The monoisotopic (exact) mass is 183 g/mol. The van der Waals surface area contributed by atoms with Gasteiger partial charge in [0.05, 0.1) is 0 Å². The lowest BCUT2D eigenvalue weighted by Gasteiger charge is -1.93. The highest BCUT2D eigenvalue weighted by Crippen LogP contribution is 2.19. The summed E-state index contributed by atoms with van der Waals surface area (Å²) in [5.41, 5.74) is 7.40. The first kappa shape index (κ1) is 7.52. The molecule has 0 fully saturated rings. The summed E-state index contributed by atoms with van der Waals surface area (Å²) >= 11 is 5.55. The van der Waals surface area contributed by atoms with Crippen molar-refractivity contribution in [3.8, 4) is 0 Å². The first-order valence-corrected chi connectivity index (χ1v) is 3.79. The van der Waals surface area contributed by atoms with Crippen molar-refractivity contribution < 1.29 is 4.42 Å². The van der Waals surface area contributed by atoms with Crippen LogP contribution in [0.25, 0.3) is 11.2 Å². The van der Waals surface area contributed by atoms with Gasteiger partial charge in [0.15, 0.2) is 11.2 Å². The highest BCUT2D eigenvalue weighted by molar-refractivity contribution is 6.28. The lowest BCUT2D eigenvalue weighted by atomic mass is 10.2. The van der Waals surface area contributed by atoms with E-state index in [9.17, 15) is 0 Å². The number of oxazole rings is 1. The van der Waals surface area contributed by atoms with Crippen LogP contribution in [-0.2, 0) is 6.54 Å². The molecule has 2 aromatic heterocycles. The number of nitrogens with zero attached hydrogens (tertiary/aromatic N) is 2. The maximum Gasteiger partial charge on any atom is 0.294 e. The number of pyridine rings is 1. The summed E-state index contributed by atoms with van der Waals surface area (Å²) in [7, 11) is 0. The fourth-order valence-electron chi connectivity index (χ4n) is 1.02. The van der Waals surface area contributed by atoms with Gasteiger partial charge in [-0.3, -0.25) is 0 Å². The predicted octanol–water partition coefficient (Wildman–Crippen LogP) is 1.33. The summed E-state index contributed by atoms with van der Waals surface area (Å²) in [5, 5.41) is 0.0957. The Balaban J connectivity index is 2.78. The van der Waals surface area contributed by atoms with Gasteiger partial charge in [-0.15, -0.1) is 0 Å². The van der Waals surface area contributed by atoms with Crippen LogP contribution < -0.4 is 5.73 Å². The van der Waals surface area contributed by atoms with Crippen LogP contribution in [0.2, 0.25) is 5.35 Å². The topological polar surface area (TPSA) is 64.9 Å². The van der Waals surface area contributed by atoms with Gasteiger partial charge in [-0.1, -0.05) is 0 Å². The van der Waals surface area contributed by atoms with Gasteiger partial charge in [-0.2, -0.15) is 4.98 Å². The molecule has 62 valence electrons. The van der Waals surface area contributed by atoms with Crippen molar-refractivity contribution in [2.45, 2.75) is 6.54 Å². The molecule has 0 bridgehead atoms. The summed E-state index contributed by atoms with van der Waals surface area (Å²) in [6.07, 6.45) is 1.63. The fourth-order valence-corrected chi connectivity index (χ4v) is 1.17. The standard InChI is InChI=1S/C7H6ClN3O/c8-7-11-6-5(12-7)4(3-9)1-2-10-6/h1-2H,3,9H2. The third kappa shape index (κ3) is 1.05. The Bertz CT molecular complexity index is 412. The molecule has 2 heterocycles. The summed E-state index contributed by atoms with van der Waals surface area (Å²) in [4.78, 5) is 7.82. The van der Waals surface area contributed by atoms with E-state index in [-0.39, 0.29) is 5.35 Å². The molecule has 0 aliphatic heterocycles. The van der Waals surface area contributed by atoms with E-state index in [1.807, 2.05) is 0 Å². The van der Waals surface area contributed by atoms with Gasteiger partial charge in [0, 0.05) is 18.3 Å². The lowest BCUT2D eigenvalue weighted by molar-refractivity contribution is 0.600. The summed E-state index contributed by atoms with van der Waals surface area (Å²) in [6.45, 7) is 0.393. The Morgan fingerprint density at radius 2 is 2.42 bits per heavy atom. The maximum atomic E-state index is 5.55.